The molecule has 6 nitrogen and oxygen atoms in total. The topological polar surface area (TPSA) is 79.8 Å². The summed E-state index contributed by atoms with van der Waals surface area (Å²) in [7, 11) is -2.84. The first-order valence-corrected chi connectivity index (χ1v) is 12.2. The molecule has 0 aromatic rings. The molecule has 0 aromatic carbocycles. The molecule has 2 aliphatic heterocycles. The Morgan fingerprint density at radius 3 is 2.77 bits per heavy atom. The van der Waals surface area contributed by atoms with Gasteiger partial charge in [0.15, 0.2) is 15.8 Å². The molecule has 5 atom stereocenters. The molecule has 2 saturated heterocycles. The van der Waals surface area contributed by atoms with Crippen molar-refractivity contribution in [2.45, 2.75) is 70.6 Å². The summed E-state index contributed by atoms with van der Waals surface area (Å²) in [4.78, 5) is 4.81. The van der Waals surface area contributed by atoms with E-state index in [1.165, 1.54) is 19.3 Å². The normalized spacial score (nSPS) is 38.3. The number of nitrogens with zero attached hydrogens (tertiary/aromatic N) is 1. The minimum absolute atomic E-state index is 0.164. The van der Waals surface area contributed by atoms with Crippen LogP contribution in [0.5, 0.6) is 0 Å². The summed E-state index contributed by atoms with van der Waals surface area (Å²) >= 11 is 0. The van der Waals surface area contributed by atoms with Gasteiger partial charge in [0.1, 0.15) is 0 Å². The molecule has 0 bridgehead atoms. The van der Waals surface area contributed by atoms with E-state index in [1.807, 2.05) is 0 Å². The number of hydrogen-bond acceptors (Lipinski definition) is 4. The molecule has 2 aliphatic carbocycles. The van der Waals surface area contributed by atoms with Gasteiger partial charge in [-0.1, -0.05) is 13.3 Å². The zero-order chi connectivity index (χ0) is 18.4. The van der Waals surface area contributed by atoms with Crippen molar-refractivity contribution in [3.05, 3.63) is 0 Å². The lowest BCUT2D eigenvalue weighted by molar-refractivity contribution is -0.171. The molecular weight excluding hydrogens is 350 g/mol. The first kappa shape index (κ1) is 18.5. The van der Waals surface area contributed by atoms with E-state index < -0.39 is 9.84 Å². The van der Waals surface area contributed by atoms with Gasteiger partial charge in [-0.15, -0.1) is 0 Å². The Balaban J connectivity index is 1.44. The van der Waals surface area contributed by atoms with Crippen LogP contribution in [0.15, 0.2) is 4.99 Å². The standard InChI is InChI=1S/C19H33N3O3S/c1-3-13(2)21-18(20-11-14-6-10-26(23,24)12-14)22-16-15-5-9-25-17(15)19(16)7-4-8-19/h13-17H,3-12H2,1-2H3,(H2,20,21,22). The molecule has 1 spiro atoms. The number of ether oxygens (including phenoxy) is 1. The maximum absolute atomic E-state index is 11.7. The summed E-state index contributed by atoms with van der Waals surface area (Å²) in [5.74, 6) is 2.24. The van der Waals surface area contributed by atoms with Crippen LogP contribution in [0, 0.1) is 17.3 Å². The van der Waals surface area contributed by atoms with Crippen LogP contribution < -0.4 is 10.6 Å². The Morgan fingerprint density at radius 2 is 2.15 bits per heavy atom. The van der Waals surface area contributed by atoms with Crippen LogP contribution in [0.4, 0.5) is 0 Å². The van der Waals surface area contributed by atoms with Crippen molar-refractivity contribution in [3.63, 3.8) is 0 Å². The number of aliphatic imine (C=N–C) groups is 1. The average molecular weight is 384 g/mol. The smallest absolute Gasteiger partial charge is 0.191 e. The van der Waals surface area contributed by atoms with Crippen LogP contribution in [0.25, 0.3) is 0 Å². The Kier molecular flexibility index (Phi) is 4.97. The van der Waals surface area contributed by atoms with Gasteiger partial charge in [-0.25, -0.2) is 8.42 Å². The molecule has 4 aliphatic rings. The van der Waals surface area contributed by atoms with Crippen LogP contribution in [0.1, 0.15) is 52.4 Å². The average Bonchev–Trinajstić information content (AvgIpc) is 3.12. The van der Waals surface area contributed by atoms with E-state index in [0.717, 1.165) is 31.8 Å². The van der Waals surface area contributed by atoms with Crippen LogP contribution in [0.2, 0.25) is 0 Å². The predicted octanol–water partition coefficient (Wildman–Crippen LogP) is 1.71. The van der Waals surface area contributed by atoms with Crippen molar-refractivity contribution in [2.75, 3.05) is 24.7 Å². The highest BCUT2D eigenvalue weighted by Crippen LogP contribution is 2.62. The van der Waals surface area contributed by atoms with Gasteiger partial charge >= 0.3 is 0 Å². The predicted molar refractivity (Wildman–Crippen MR) is 103 cm³/mol. The zero-order valence-electron chi connectivity index (χ0n) is 16.0. The van der Waals surface area contributed by atoms with E-state index in [0.29, 0.717) is 47.6 Å². The number of fused-ring (bicyclic) bond motifs is 2. The first-order chi connectivity index (χ1) is 12.4. The van der Waals surface area contributed by atoms with Gasteiger partial charge < -0.3 is 15.4 Å². The van der Waals surface area contributed by atoms with E-state index >= 15 is 0 Å². The molecule has 4 fully saturated rings. The fourth-order valence-electron chi connectivity index (χ4n) is 5.31. The molecule has 4 rings (SSSR count). The van der Waals surface area contributed by atoms with Gasteiger partial charge in [0.25, 0.3) is 0 Å². The van der Waals surface area contributed by atoms with Gasteiger partial charge in [0.2, 0.25) is 0 Å². The van der Waals surface area contributed by atoms with Crippen LogP contribution in [-0.4, -0.2) is 57.2 Å². The fourth-order valence-corrected chi connectivity index (χ4v) is 7.16. The van der Waals surface area contributed by atoms with Crippen molar-refractivity contribution < 1.29 is 13.2 Å². The maximum atomic E-state index is 11.7. The molecule has 148 valence electrons. The van der Waals surface area contributed by atoms with Crippen LogP contribution >= 0.6 is 0 Å². The minimum atomic E-state index is -2.84. The van der Waals surface area contributed by atoms with Gasteiger partial charge in [0, 0.05) is 36.6 Å². The van der Waals surface area contributed by atoms with E-state index in [9.17, 15) is 8.42 Å². The van der Waals surface area contributed by atoms with Crippen molar-refractivity contribution in [2.24, 2.45) is 22.2 Å². The van der Waals surface area contributed by atoms with Gasteiger partial charge in [-0.05, 0) is 44.9 Å². The lowest BCUT2D eigenvalue weighted by Gasteiger charge is -2.63. The van der Waals surface area contributed by atoms with Gasteiger partial charge in [0.05, 0.1) is 17.6 Å². The Morgan fingerprint density at radius 1 is 1.35 bits per heavy atom. The van der Waals surface area contributed by atoms with Gasteiger partial charge in [-0.3, -0.25) is 4.99 Å². The number of rotatable bonds is 5. The molecule has 2 N–H and O–H groups in total. The first-order valence-electron chi connectivity index (χ1n) is 10.3. The number of hydrogen-bond donors (Lipinski definition) is 2. The molecule has 2 saturated carbocycles. The summed E-state index contributed by atoms with van der Waals surface area (Å²) in [6, 6.07) is 0.799. The number of nitrogens with one attached hydrogen (secondary N) is 2. The summed E-state index contributed by atoms with van der Waals surface area (Å²) in [5.41, 5.74) is 0.315. The molecule has 5 unspecified atom stereocenters. The van der Waals surface area contributed by atoms with Crippen LogP contribution in [-0.2, 0) is 14.6 Å². The third-order valence-corrected chi connectivity index (χ3v) is 9.00. The Bertz CT molecular complexity index is 659. The quantitative estimate of drug-likeness (QED) is 0.558. The molecule has 0 aromatic heterocycles. The Hall–Kier alpha value is -0.820. The SMILES string of the molecule is CCC(C)NC(=NCC1CCS(=O)(=O)C1)NC1C2CCOC2C12CCC2. The van der Waals surface area contributed by atoms with Crippen molar-refractivity contribution in [1.29, 1.82) is 0 Å². The van der Waals surface area contributed by atoms with E-state index in [1.54, 1.807) is 0 Å². The number of sulfone groups is 1. The molecular formula is C19H33N3O3S. The lowest BCUT2D eigenvalue weighted by Crippen LogP contribution is -2.72. The highest BCUT2D eigenvalue weighted by molar-refractivity contribution is 7.91. The molecule has 26 heavy (non-hydrogen) atoms. The second-order valence-electron chi connectivity index (χ2n) is 8.86. The van der Waals surface area contributed by atoms with Crippen molar-refractivity contribution in [1.82, 2.24) is 10.6 Å². The largest absolute Gasteiger partial charge is 0.377 e. The zero-order valence-corrected chi connectivity index (χ0v) is 16.9. The number of guanidine groups is 1. The Labute approximate surface area is 157 Å². The van der Waals surface area contributed by atoms with E-state index in [2.05, 4.69) is 24.5 Å². The van der Waals surface area contributed by atoms with Crippen LogP contribution in [0.3, 0.4) is 0 Å². The monoisotopic (exact) mass is 383 g/mol. The third-order valence-electron chi connectivity index (χ3n) is 7.16. The molecule has 7 heteroatoms. The van der Waals surface area contributed by atoms with E-state index in [4.69, 9.17) is 9.73 Å². The second kappa shape index (κ2) is 6.97. The third kappa shape index (κ3) is 3.26. The lowest BCUT2D eigenvalue weighted by atomic mass is 9.46. The summed E-state index contributed by atoms with van der Waals surface area (Å²) in [5, 5.41) is 7.26. The highest BCUT2D eigenvalue weighted by Gasteiger charge is 2.66. The van der Waals surface area contributed by atoms with Crippen molar-refractivity contribution in [3.8, 4) is 0 Å². The summed E-state index contributed by atoms with van der Waals surface area (Å²) in [6.07, 6.45) is 7.17. The highest BCUT2D eigenvalue weighted by atomic mass is 32.2. The minimum Gasteiger partial charge on any atom is -0.377 e. The molecule has 2 heterocycles. The summed E-state index contributed by atoms with van der Waals surface area (Å²) < 4.78 is 29.4. The molecule has 0 amide bonds. The fraction of sp³-hybridized carbons (Fsp3) is 0.947. The van der Waals surface area contributed by atoms with Gasteiger partial charge in [-0.2, -0.15) is 0 Å². The van der Waals surface area contributed by atoms with Crippen molar-refractivity contribution >= 4 is 15.8 Å². The second-order valence-corrected chi connectivity index (χ2v) is 11.1. The summed E-state index contributed by atoms with van der Waals surface area (Å²) in [6.45, 7) is 5.81. The maximum Gasteiger partial charge on any atom is 0.191 e. The molecule has 0 radical (unpaired) electrons. The van der Waals surface area contributed by atoms with E-state index in [-0.39, 0.29) is 5.92 Å².